The first-order chi connectivity index (χ1) is 12.0. The molecule has 0 saturated heterocycles. The first-order valence-electron chi connectivity index (χ1n) is 7.81. The molecule has 1 aliphatic carbocycles. The standard InChI is InChI=1S/C17H16FN5O2/c18-11-2-4-12(5-3-11)21-17-14(16(20)25)9-23(22-17)15-7-13(24)6-1-10(15)8-19/h2-5,9-10,15H,1,6-7H2,(H2,20,25)(H,21,22). The molecule has 1 aliphatic rings. The van der Waals surface area contributed by atoms with Crippen molar-refractivity contribution >= 4 is 23.2 Å². The van der Waals surface area contributed by atoms with Crippen molar-refractivity contribution < 1.29 is 14.0 Å². The molecular weight excluding hydrogens is 325 g/mol. The van der Waals surface area contributed by atoms with Gasteiger partial charge in [0.25, 0.3) is 5.91 Å². The number of nitriles is 1. The summed E-state index contributed by atoms with van der Waals surface area (Å²) in [7, 11) is 0. The van der Waals surface area contributed by atoms with Gasteiger partial charge in [0.1, 0.15) is 17.2 Å². The molecular formula is C17H16FN5O2. The number of Topliss-reactive ketones (excluding diaryl/α,β-unsaturated/α-hetero) is 1. The summed E-state index contributed by atoms with van der Waals surface area (Å²) in [6.45, 7) is 0. The first-order valence-corrected chi connectivity index (χ1v) is 7.81. The second kappa shape index (κ2) is 6.73. The molecule has 1 fully saturated rings. The predicted octanol–water partition coefficient (Wildman–Crippen LogP) is 2.30. The van der Waals surface area contributed by atoms with Crippen molar-refractivity contribution in [1.82, 2.24) is 9.78 Å². The van der Waals surface area contributed by atoms with Crippen LogP contribution in [0.3, 0.4) is 0 Å². The van der Waals surface area contributed by atoms with Gasteiger partial charge >= 0.3 is 0 Å². The van der Waals surface area contributed by atoms with Crippen LogP contribution in [0.2, 0.25) is 0 Å². The third-order valence-corrected chi connectivity index (χ3v) is 4.25. The summed E-state index contributed by atoms with van der Waals surface area (Å²) in [5.74, 6) is -1.18. The van der Waals surface area contributed by atoms with Crippen molar-refractivity contribution in [2.45, 2.75) is 25.3 Å². The third-order valence-electron chi connectivity index (χ3n) is 4.25. The Morgan fingerprint density at radius 2 is 2.12 bits per heavy atom. The van der Waals surface area contributed by atoms with E-state index in [4.69, 9.17) is 5.73 Å². The normalized spacial score (nSPS) is 20.1. The van der Waals surface area contributed by atoms with E-state index in [9.17, 15) is 19.2 Å². The van der Waals surface area contributed by atoms with Crippen LogP contribution >= 0.6 is 0 Å². The second-order valence-electron chi connectivity index (χ2n) is 5.95. The number of primary amides is 1. The Balaban J connectivity index is 1.94. The molecule has 2 aromatic rings. The van der Waals surface area contributed by atoms with E-state index in [0.717, 1.165) is 0 Å². The number of amides is 1. The number of anilines is 2. The summed E-state index contributed by atoms with van der Waals surface area (Å²) in [5, 5.41) is 16.5. The zero-order valence-corrected chi connectivity index (χ0v) is 13.3. The second-order valence-corrected chi connectivity index (χ2v) is 5.95. The maximum atomic E-state index is 13.0. The minimum absolute atomic E-state index is 0.0562. The molecule has 2 atom stereocenters. The van der Waals surface area contributed by atoms with Gasteiger partial charge in [0.05, 0.1) is 18.0 Å². The molecule has 1 amide bonds. The Morgan fingerprint density at radius 3 is 2.76 bits per heavy atom. The van der Waals surface area contributed by atoms with Crippen LogP contribution in [0.15, 0.2) is 30.5 Å². The average molecular weight is 341 g/mol. The number of nitrogens with zero attached hydrogens (tertiary/aromatic N) is 3. The van der Waals surface area contributed by atoms with Gasteiger partial charge < -0.3 is 11.1 Å². The number of nitrogens with two attached hydrogens (primary N) is 1. The Morgan fingerprint density at radius 1 is 1.40 bits per heavy atom. The monoisotopic (exact) mass is 341 g/mol. The van der Waals surface area contributed by atoms with Gasteiger partial charge in [-0.25, -0.2) is 4.39 Å². The molecule has 1 aromatic heterocycles. The highest BCUT2D eigenvalue weighted by atomic mass is 19.1. The molecule has 7 nitrogen and oxygen atoms in total. The number of ketones is 1. The van der Waals surface area contributed by atoms with E-state index in [0.29, 0.717) is 18.5 Å². The molecule has 0 spiro atoms. The molecule has 128 valence electrons. The highest BCUT2D eigenvalue weighted by Crippen LogP contribution is 2.33. The third kappa shape index (κ3) is 3.50. The summed E-state index contributed by atoms with van der Waals surface area (Å²) < 4.78 is 14.5. The number of hydrogen-bond acceptors (Lipinski definition) is 5. The summed E-state index contributed by atoms with van der Waals surface area (Å²) >= 11 is 0. The zero-order chi connectivity index (χ0) is 18.0. The molecule has 0 aliphatic heterocycles. The van der Waals surface area contributed by atoms with Gasteiger partial charge in [-0.2, -0.15) is 10.4 Å². The van der Waals surface area contributed by atoms with E-state index in [1.165, 1.54) is 35.1 Å². The number of carbonyl (C=O) groups is 2. The minimum atomic E-state index is -0.688. The summed E-state index contributed by atoms with van der Waals surface area (Å²) in [4.78, 5) is 23.5. The van der Waals surface area contributed by atoms with Crippen LogP contribution < -0.4 is 11.1 Å². The van der Waals surface area contributed by atoms with Crippen molar-refractivity contribution in [1.29, 1.82) is 5.26 Å². The highest BCUT2D eigenvalue weighted by Gasteiger charge is 2.32. The number of rotatable bonds is 4. The largest absolute Gasteiger partial charge is 0.365 e. The maximum absolute atomic E-state index is 13.0. The van der Waals surface area contributed by atoms with Crippen molar-refractivity contribution in [2.75, 3.05) is 5.32 Å². The number of nitrogens with one attached hydrogen (secondary N) is 1. The van der Waals surface area contributed by atoms with Crippen molar-refractivity contribution in [3.8, 4) is 6.07 Å². The Hall–Kier alpha value is -3.21. The van der Waals surface area contributed by atoms with Gasteiger partial charge in [0.2, 0.25) is 0 Å². The summed E-state index contributed by atoms with van der Waals surface area (Å²) in [6, 6.07) is 7.31. The average Bonchev–Trinajstić information content (AvgIpc) is 3.01. The van der Waals surface area contributed by atoms with Gasteiger partial charge in [0, 0.05) is 24.7 Å². The maximum Gasteiger partial charge on any atom is 0.254 e. The Bertz CT molecular complexity index is 853. The summed E-state index contributed by atoms with van der Waals surface area (Å²) in [6.07, 6.45) is 2.47. The lowest BCUT2D eigenvalue weighted by atomic mass is 9.85. The summed E-state index contributed by atoms with van der Waals surface area (Å²) in [5.41, 5.74) is 6.08. The minimum Gasteiger partial charge on any atom is -0.365 e. The van der Waals surface area contributed by atoms with Crippen LogP contribution in [-0.2, 0) is 4.79 Å². The van der Waals surface area contributed by atoms with Crippen LogP contribution in [0.4, 0.5) is 15.9 Å². The number of aromatic nitrogens is 2. The number of halogens is 1. The molecule has 3 rings (SSSR count). The fraction of sp³-hybridized carbons (Fsp3) is 0.294. The quantitative estimate of drug-likeness (QED) is 0.885. The number of benzene rings is 1. The van der Waals surface area contributed by atoms with Gasteiger partial charge in [0.15, 0.2) is 5.82 Å². The Labute approximate surface area is 143 Å². The molecule has 8 heteroatoms. The Kier molecular flexibility index (Phi) is 4.48. The van der Waals surface area contributed by atoms with E-state index >= 15 is 0 Å². The van der Waals surface area contributed by atoms with E-state index < -0.39 is 11.9 Å². The molecule has 2 unspecified atom stereocenters. The number of hydrogen-bond donors (Lipinski definition) is 2. The highest BCUT2D eigenvalue weighted by molar-refractivity contribution is 5.98. The van der Waals surface area contributed by atoms with Crippen LogP contribution in [0.1, 0.15) is 35.7 Å². The van der Waals surface area contributed by atoms with Crippen molar-refractivity contribution in [3.63, 3.8) is 0 Å². The molecule has 0 radical (unpaired) electrons. The van der Waals surface area contributed by atoms with Gasteiger partial charge in [-0.1, -0.05) is 0 Å². The molecule has 0 bridgehead atoms. The lowest BCUT2D eigenvalue weighted by molar-refractivity contribution is -0.122. The van der Waals surface area contributed by atoms with Crippen LogP contribution in [0, 0.1) is 23.1 Å². The molecule has 25 heavy (non-hydrogen) atoms. The van der Waals surface area contributed by atoms with Crippen molar-refractivity contribution in [2.24, 2.45) is 11.7 Å². The molecule has 1 saturated carbocycles. The van der Waals surface area contributed by atoms with Crippen LogP contribution in [0.25, 0.3) is 0 Å². The fourth-order valence-electron chi connectivity index (χ4n) is 2.92. The van der Waals surface area contributed by atoms with E-state index in [2.05, 4.69) is 16.5 Å². The molecule has 3 N–H and O–H groups in total. The smallest absolute Gasteiger partial charge is 0.254 e. The van der Waals surface area contributed by atoms with E-state index in [1.54, 1.807) is 0 Å². The molecule has 1 heterocycles. The zero-order valence-electron chi connectivity index (χ0n) is 13.3. The first kappa shape index (κ1) is 16.6. The predicted molar refractivity (Wildman–Crippen MR) is 87.4 cm³/mol. The van der Waals surface area contributed by atoms with Gasteiger partial charge in [-0.05, 0) is 30.7 Å². The lowest BCUT2D eigenvalue weighted by Crippen LogP contribution is -2.27. The van der Waals surface area contributed by atoms with Crippen LogP contribution in [0.5, 0.6) is 0 Å². The van der Waals surface area contributed by atoms with E-state index in [-0.39, 0.29) is 35.3 Å². The lowest BCUT2D eigenvalue weighted by Gasteiger charge is -2.26. The van der Waals surface area contributed by atoms with Gasteiger partial charge in [-0.15, -0.1) is 0 Å². The molecule has 1 aromatic carbocycles. The number of carbonyl (C=O) groups excluding carboxylic acids is 2. The van der Waals surface area contributed by atoms with Gasteiger partial charge in [-0.3, -0.25) is 14.3 Å². The van der Waals surface area contributed by atoms with Crippen molar-refractivity contribution in [3.05, 3.63) is 41.8 Å². The SMILES string of the molecule is N#CC1CCC(=O)CC1n1cc(C(N)=O)c(Nc2ccc(F)cc2)n1. The topological polar surface area (TPSA) is 114 Å². The fourth-order valence-corrected chi connectivity index (χ4v) is 2.92. The van der Waals surface area contributed by atoms with Crippen LogP contribution in [-0.4, -0.2) is 21.5 Å². The van der Waals surface area contributed by atoms with E-state index in [1.807, 2.05) is 0 Å².